The zero-order valence-corrected chi connectivity index (χ0v) is 20.1. The zero-order valence-electron chi connectivity index (χ0n) is 18.5. The minimum atomic E-state index is 0. The third kappa shape index (κ3) is 5.26. The predicted octanol–water partition coefficient (Wildman–Crippen LogP) is 4.37. The molecule has 0 saturated heterocycles. The van der Waals surface area contributed by atoms with Crippen molar-refractivity contribution in [1.29, 1.82) is 0 Å². The van der Waals surface area contributed by atoms with Gasteiger partial charge in [0.2, 0.25) is 12.7 Å². The monoisotopic (exact) mass is 477 g/mol. The van der Waals surface area contributed by atoms with Crippen molar-refractivity contribution in [3.63, 3.8) is 0 Å². The maximum absolute atomic E-state index is 13.4. The highest BCUT2D eigenvalue weighted by atomic mass is 35.5. The third-order valence-corrected chi connectivity index (χ3v) is 6.48. The lowest BCUT2D eigenvalue weighted by Gasteiger charge is -2.24. The average Bonchev–Trinajstić information content (AvgIpc) is 3.42. The first-order valence-corrected chi connectivity index (χ1v) is 11.3. The highest BCUT2D eigenvalue weighted by Crippen LogP contribution is 2.34. The van der Waals surface area contributed by atoms with Crippen molar-refractivity contribution in [2.24, 2.45) is 0 Å². The van der Waals surface area contributed by atoms with Crippen molar-refractivity contribution in [2.45, 2.75) is 20.3 Å². The number of rotatable bonds is 9. The van der Waals surface area contributed by atoms with E-state index < -0.39 is 0 Å². The van der Waals surface area contributed by atoms with E-state index in [1.807, 2.05) is 36.4 Å². The van der Waals surface area contributed by atoms with Crippen LogP contribution in [0.5, 0.6) is 17.2 Å². The molecule has 0 fully saturated rings. The van der Waals surface area contributed by atoms with Gasteiger partial charge in [-0.15, -0.1) is 12.4 Å². The summed E-state index contributed by atoms with van der Waals surface area (Å²) in [6.07, 6.45) is 0.272. The van der Waals surface area contributed by atoms with Crippen molar-refractivity contribution in [1.82, 2.24) is 9.88 Å². The van der Waals surface area contributed by atoms with Crippen LogP contribution in [0.3, 0.4) is 0 Å². The lowest BCUT2D eigenvalue weighted by Crippen LogP contribution is -2.39. The fraction of sp³-hybridized carbons (Fsp3) is 0.391. The number of carbonyl (C=O) groups is 1. The molecule has 2 aromatic carbocycles. The van der Waals surface area contributed by atoms with Crippen molar-refractivity contribution in [3.05, 3.63) is 42.0 Å². The van der Waals surface area contributed by atoms with Gasteiger partial charge >= 0.3 is 0 Å². The molecule has 0 atom stereocenters. The molecule has 0 unspecified atom stereocenters. The number of hydrogen-bond acceptors (Lipinski definition) is 7. The first-order valence-electron chi connectivity index (χ1n) is 10.5. The molecular formula is C23H28ClN3O4S. The van der Waals surface area contributed by atoms with Crippen LogP contribution in [0.2, 0.25) is 0 Å². The molecule has 3 aromatic rings. The molecule has 9 heteroatoms. The Morgan fingerprint density at radius 2 is 1.88 bits per heavy atom. The van der Waals surface area contributed by atoms with Crippen LogP contribution in [0, 0.1) is 0 Å². The molecule has 1 aliphatic heterocycles. The summed E-state index contributed by atoms with van der Waals surface area (Å²) in [6, 6.07) is 11.4. The highest BCUT2D eigenvalue weighted by Gasteiger charge is 2.22. The first kappa shape index (κ1) is 24.1. The molecule has 172 valence electrons. The van der Waals surface area contributed by atoms with E-state index in [0.717, 1.165) is 46.9 Å². The summed E-state index contributed by atoms with van der Waals surface area (Å²) in [5.41, 5.74) is 1.76. The number of hydrogen-bond donors (Lipinski definition) is 0. The van der Waals surface area contributed by atoms with Gasteiger partial charge in [-0.05, 0) is 49.0 Å². The fourth-order valence-electron chi connectivity index (χ4n) is 3.56. The van der Waals surface area contributed by atoms with Gasteiger partial charge in [0.05, 0.1) is 23.7 Å². The average molecular weight is 478 g/mol. The second-order valence-corrected chi connectivity index (χ2v) is 8.28. The maximum Gasteiger partial charge on any atom is 0.233 e. The summed E-state index contributed by atoms with van der Waals surface area (Å²) in [6.45, 7) is 7.74. The summed E-state index contributed by atoms with van der Waals surface area (Å²) in [5.74, 6) is 2.20. The van der Waals surface area contributed by atoms with E-state index in [9.17, 15) is 4.79 Å². The van der Waals surface area contributed by atoms with E-state index in [4.69, 9.17) is 19.2 Å². The number of anilines is 1. The van der Waals surface area contributed by atoms with Crippen molar-refractivity contribution in [2.75, 3.05) is 45.0 Å². The third-order valence-electron chi connectivity index (χ3n) is 5.44. The molecule has 1 aromatic heterocycles. The standard InChI is InChI=1S/C23H27N3O4S.ClH/c1-4-25(5-2)10-11-26(23-24-18-8-7-17(28-3)14-21(18)31-23)22(27)13-16-6-9-19-20(12-16)30-15-29-19;/h6-9,12,14H,4-5,10-11,13,15H2,1-3H3;1H. The Hall–Kier alpha value is -2.55. The van der Waals surface area contributed by atoms with E-state index in [2.05, 4.69) is 18.7 Å². The molecule has 2 heterocycles. The van der Waals surface area contributed by atoms with E-state index in [1.165, 1.54) is 11.3 Å². The summed E-state index contributed by atoms with van der Waals surface area (Å²) in [5, 5.41) is 0.709. The Bertz CT molecular complexity index is 1070. The van der Waals surface area contributed by atoms with Crippen LogP contribution >= 0.6 is 23.7 Å². The SMILES string of the molecule is CCN(CC)CCN(C(=O)Cc1ccc2c(c1)OCO2)c1nc2ccc(OC)cc2s1.Cl. The number of halogens is 1. The minimum Gasteiger partial charge on any atom is -0.497 e. The normalized spacial score (nSPS) is 12.1. The molecule has 1 amide bonds. The molecule has 0 spiro atoms. The van der Waals surface area contributed by atoms with Crippen molar-refractivity contribution in [3.8, 4) is 17.2 Å². The Balaban J connectivity index is 0.00000289. The van der Waals surface area contributed by atoms with Gasteiger partial charge in [-0.2, -0.15) is 0 Å². The molecule has 1 aliphatic rings. The zero-order chi connectivity index (χ0) is 21.8. The lowest BCUT2D eigenvalue weighted by molar-refractivity contribution is -0.118. The topological polar surface area (TPSA) is 64.1 Å². The number of fused-ring (bicyclic) bond motifs is 2. The summed E-state index contributed by atoms with van der Waals surface area (Å²) in [4.78, 5) is 22.2. The van der Waals surface area contributed by atoms with Crippen LogP contribution in [-0.4, -0.2) is 55.9 Å². The van der Waals surface area contributed by atoms with Gasteiger partial charge in [-0.3, -0.25) is 9.69 Å². The number of ether oxygens (including phenoxy) is 3. The second kappa shape index (κ2) is 10.8. The largest absolute Gasteiger partial charge is 0.497 e. The molecule has 7 nitrogen and oxygen atoms in total. The Morgan fingerprint density at radius 1 is 1.09 bits per heavy atom. The summed E-state index contributed by atoms with van der Waals surface area (Å²) < 4.78 is 17.2. The molecular weight excluding hydrogens is 450 g/mol. The summed E-state index contributed by atoms with van der Waals surface area (Å²) >= 11 is 1.51. The predicted molar refractivity (Wildman–Crippen MR) is 130 cm³/mol. The Kier molecular flexibility index (Phi) is 8.17. The number of methoxy groups -OCH3 is 1. The Labute approximate surface area is 198 Å². The van der Waals surface area contributed by atoms with Gasteiger partial charge in [0, 0.05) is 13.1 Å². The van der Waals surface area contributed by atoms with Gasteiger partial charge in [-0.1, -0.05) is 31.3 Å². The molecule has 0 aliphatic carbocycles. The minimum absolute atomic E-state index is 0. The summed E-state index contributed by atoms with van der Waals surface area (Å²) in [7, 11) is 1.65. The molecule has 32 heavy (non-hydrogen) atoms. The quantitative estimate of drug-likeness (QED) is 0.456. The number of thiazole rings is 1. The van der Waals surface area contributed by atoms with E-state index in [-0.39, 0.29) is 31.5 Å². The number of nitrogens with zero attached hydrogens (tertiary/aromatic N) is 3. The molecule has 0 bridgehead atoms. The Morgan fingerprint density at radius 3 is 2.62 bits per heavy atom. The van der Waals surface area contributed by atoms with Gasteiger partial charge in [-0.25, -0.2) is 4.98 Å². The molecule has 4 rings (SSSR count). The first-order chi connectivity index (χ1) is 15.1. The number of benzene rings is 2. The van der Waals surface area contributed by atoms with Crippen molar-refractivity contribution >= 4 is 45.0 Å². The molecule has 0 radical (unpaired) electrons. The van der Waals surface area contributed by atoms with Crippen LogP contribution in [0.25, 0.3) is 10.2 Å². The number of likely N-dealkylation sites (N-methyl/N-ethyl adjacent to an activating group) is 1. The number of carbonyl (C=O) groups excluding carboxylic acids is 1. The number of amides is 1. The highest BCUT2D eigenvalue weighted by molar-refractivity contribution is 7.22. The van der Waals surface area contributed by atoms with E-state index in [1.54, 1.807) is 12.0 Å². The van der Waals surface area contributed by atoms with Crippen LogP contribution in [0.1, 0.15) is 19.4 Å². The van der Waals surface area contributed by atoms with Crippen LogP contribution < -0.4 is 19.1 Å². The van der Waals surface area contributed by atoms with Gasteiger partial charge < -0.3 is 19.1 Å². The maximum atomic E-state index is 13.4. The van der Waals surface area contributed by atoms with Gasteiger partial charge in [0.15, 0.2) is 16.6 Å². The fourth-order valence-corrected chi connectivity index (χ4v) is 4.60. The second-order valence-electron chi connectivity index (χ2n) is 7.27. The van der Waals surface area contributed by atoms with Crippen molar-refractivity contribution < 1.29 is 19.0 Å². The van der Waals surface area contributed by atoms with Gasteiger partial charge in [0.1, 0.15) is 5.75 Å². The van der Waals surface area contributed by atoms with Crippen LogP contribution in [0.4, 0.5) is 5.13 Å². The van der Waals surface area contributed by atoms with Crippen LogP contribution in [0.15, 0.2) is 36.4 Å². The lowest BCUT2D eigenvalue weighted by atomic mass is 10.1. The van der Waals surface area contributed by atoms with E-state index >= 15 is 0 Å². The van der Waals surface area contributed by atoms with E-state index in [0.29, 0.717) is 17.4 Å². The molecule has 0 saturated carbocycles. The van der Waals surface area contributed by atoms with Gasteiger partial charge in [0.25, 0.3) is 0 Å². The smallest absolute Gasteiger partial charge is 0.233 e. The van der Waals surface area contributed by atoms with Crippen LogP contribution in [-0.2, 0) is 11.2 Å². The number of aromatic nitrogens is 1. The molecule has 0 N–H and O–H groups in total.